The first kappa shape index (κ1) is 19.1. The molecule has 0 amide bonds. The molecular formula is C16H22F3NO. The summed E-state index contributed by atoms with van der Waals surface area (Å²) < 4.78 is 42.2. The fraction of sp³-hybridized carbons (Fsp3) is 0.375. The third kappa shape index (κ3) is 4.85. The number of hydrogen-bond donors (Lipinski definition) is 1. The first-order valence-corrected chi connectivity index (χ1v) is 6.92. The number of ether oxygens (including phenoxy) is 1. The maximum Gasteiger partial charge on any atom is 0.387 e. The molecule has 2 aromatic rings. The quantitative estimate of drug-likeness (QED) is 0.741. The number of benzene rings is 2. The molecule has 0 aliphatic heterocycles. The Morgan fingerprint density at radius 3 is 2.14 bits per heavy atom. The number of anilines is 1. The molecule has 2 nitrogen and oxygen atoms in total. The number of fused-ring (bicyclic) bond motifs is 1. The summed E-state index contributed by atoms with van der Waals surface area (Å²) in [6.45, 7) is 6.60. The summed E-state index contributed by atoms with van der Waals surface area (Å²) in [5.74, 6) is -1.25. The molecule has 0 heterocycles. The molecule has 0 aliphatic rings. The Morgan fingerprint density at radius 1 is 1.05 bits per heavy atom. The fourth-order valence-electron chi connectivity index (χ4n) is 1.85. The highest BCUT2D eigenvalue weighted by Gasteiger charge is 2.15. The Morgan fingerprint density at radius 2 is 1.62 bits per heavy atom. The highest BCUT2D eigenvalue weighted by atomic mass is 19.3. The predicted molar refractivity (Wildman–Crippen MR) is 82.4 cm³/mol. The van der Waals surface area contributed by atoms with Gasteiger partial charge in [0.25, 0.3) is 0 Å². The summed E-state index contributed by atoms with van der Waals surface area (Å²) in [5.41, 5.74) is 6.71. The number of rotatable bonds is 2. The lowest BCUT2D eigenvalue weighted by atomic mass is 10.0. The van der Waals surface area contributed by atoms with Crippen molar-refractivity contribution in [3.63, 3.8) is 0 Å². The van der Waals surface area contributed by atoms with Crippen LogP contribution in [0.2, 0.25) is 0 Å². The molecule has 118 valence electrons. The minimum absolute atomic E-state index is 0.319. The van der Waals surface area contributed by atoms with Gasteiger partial charge in [0.05, 0.1) is 0 Å². The van der Waals surface area contributed by atoms with E-state index in [2.05, 4.69) is 4.74 Å². The van der Waals surface area contributed by atoms with Crippen molar-refractivity contribution in [2.24, 2.45) is 0 Å². The van der Waals surface area contributed by atoms with Crippen LogP contribution in [0, 0.1) is 12.7 Å². The zero-order chi connectivity index (χ0) is 16.6. The number of nitrogens with two attached hydrogens (primary N) is 1. The van der Waals surface area contributed by atoms with Crippen LogP contribution >= 0.6 is 0 Å². The lowest BCUT2D eigenvalue weighted by Gasteiger charge is -2.12. The number of alkyl halides is 2. The second-order valence-corrected chi connectivity index (χ2v) is 3.69. The van der Waals surface area contributed by atoms with E-state index in [-0.39, 0.29) is 0 Å². The van der Waals surface area contributed by atoms with Gasteiger partial charge in [0.15, 0.2) is 11.6 Å². The summed E-state index contributed by atoms with van der Waals surface area (Å²) in [7, 11) is 0. The van der Waals surface area contributed by atoms with Gasteiger partial charge in [-0.05, 0) is 36.1 Å². The van der Waals surface area contributed by atoms with Crippen LogP contribution in [-0.4, -0.2) is 6.61 Å². The maximum atomic E-state index is 13.5. The molecule has 21 heavy (non-hydrogen) atoms. The number of aryl methyl sites for hydroxylation is 1. The van der Waals surface area contributed by atoms with Gasteiger partial charge in [-0.2, -0.15) is 8.78 Å². The molecule has 0 spiro atoms. The molecule has 0 aliphatic carbocycles. The lowest BCUT2D eigenvalue weighted by molar-refractivity contribution is -0.0510. The molecule has 0 aromatic heterocycles. The van der Waals surface area contributed by atoms with Gasteiger partial charge in [0.1, 0.15) is 0 Å². The van der Waals surface area contributed by atoms with Crippen molar-refractivity contribution in [3.05, 3.63) is 35.6 Å². The largest absolute Gasteiger partial charge is 0.431 e. The van der Waals surface area contributed by atoms with Crippen molar-refractivity contribution in [2.75, 3.05) is 5.73 Å². The molecule has 5 heteroatoms. The van der Waals surface area contributed by atoms with E-state index in [0.717, 1.165) is 6.07 Å². The summed E-state index contributed by atoms with van der Waals surface area (Å²) in [6, 6.07) is 5.73. The van der Waals surface area contributed by atoms with Crippen molar-refractivity contribution in [2.45, 2.75) is 41.2 Å². The first-order valence-electron chi connectivity index (χ1n) is 6.92. The van der Waals surface area contributed by atoms with Gasteiger partial charge in [-0.25, -0.2) is 4.39 Å². The van der Waals surface area contributed by atoms with E-state index in [9.17, 15) is 13.2 Å². The van der Waals surface area contributed by atoms with E-state index in [1.54, 1.807) is 19.1 Å². The molecular weight excluding hydrogens is 279 g/mol. The van der Waals surface area contributed by atoms with Crippen LogP contribution in [0.4, 0.5) is 18.9 Å². The fourth-order valence-corrected chi connectivity index (χ4v) is 1.85. The minimum Gasteiger partial charge on any atom is -0.431 e. The Balaban J connectivity index is 0.000000921. The third-order valence-electron chi connectivity index (χ3n) is 2.45. The second-order valence-electron chi connectivity index (χ2n) is 3.69. The summed E-state index contributed by atoms with van der Waals surface area (Å²) in [6.07, 6.45) is 0. The molecule has 0 atom stereocenters. The SMILES string of the molecule is CC.CC.Cc1cc(N)cc2ccc(F)c(OC(F)F)c12. The van der Waals surface area contributed by atoms with Crippen LogP contribution in [0.5, 0.6) is 5.75 Å². The zero-order valence-electron chi connectivity index (χ0n) is 13.0. The molecule has 0 radical (unpaired) electrons. The normalized spacial score (nSPS) is 9.57. The third-order valence-corrected chi connectivity index (χ3v) is 2.45. The molecule has 2 N–H and O–H groups in total. The molecule has 0 unspecified atom stereocenters. The van der Waals surface area contributed by atoms with Crippen LogP contribution in [0.15, 0.2) is 24.3 Å². The van der Waals surface area contributed by atoms with Crippen molar-refractivity contribution in [1.82, 2.24) is 0 Å². The smallest absolute Gasteiger partial charge is 0.387 e. The summed E-state index contributed by atoms with van der Waals surface area (Å²) in [4.78, 5) is 0. The Hall–Kier alpha value is -1.91. The Labute approximate surface area is 123 Å². The van der Waals surface area contributed by atoms with E-state index >= 15 is 0 Å². The maximum absolute atomic E-state index is 13.5. The number of hydrogen-bond acceptors (Lipinski definition) is 2. The molecule has 0 fully saturated rings. The van der Waals surface area contributed by atoms with Crippen molar-refractivity contribution in [1.29, 1.82) is 0 Å². The lowest BCUT2D eigenvalue weighted by Crippen LogP contribution is -2.05. The Kier molecular flexibility index (Phi) is 8.28. The van der Waals surface area contributed by atoms with Crippen LogP contribution < -0.4 is 10.5 Å². The highest BCUT2D eigenvalue weighted by Crippen LogP contribution is 2.34. The van der Waals surface area contributed by atoms with Crippen LogP contribution in [0.1, 0.15) is 33.3 Å². The van der Waals surface area contributed by atoms with Gasteiger partial charge in [0.2, 0.25) is 0 Å². The molecule has 0 saturated heterocycles. The minimum atomic E-state index is -3.06. The monoisotopic (exact) mass is 301 g/mol. The average molecular weight is 301 g/mol. The molecule has 2 rings (SSSR count). The van der Waals surface area contributed by atoms with E-state index in [1.165, 1.54) is 6.07 Å². The zero-order valence-corrected chi connectivity index (χ0v) is 13.0. The van der Waals surface area contributed by atoms with Crippen LogP contribution in [0.3, 0.4) is 0 Å². The van der Waals surface area contributed by atoms with E-state index in [4.69, 9.17) is 5.73 Å². The highest BCUT2D eigenvalue weighted by molar-refractivity contribution is 5.93. The topological polar surface area (TPSA) is 35.2 Å². The summed E-state index contributed by atoms with van der Waals surface area (Å²) >= 11 is 0. The van der Waals surface area contributed by atoms with Crippen LogP contribution in [0.25, 0.3) is 10.8 Å². The van der Waals surface area contributed by atoms with Crippen molar-refractivity contribution >= 4 is 16.5 Å². The molecule has 2 aromatic carbocycles. The first-order chi connectivity index (χ1) is 9.99. The second kappa shape index (κ2) is 9.10. The van der Waals surface area contributed by atoms with E-state index in [0.29, 0.717) is 22.0 Å². The van der Waals surface area contributed by atoms with Crippen LogP contribution in [-0.2, 0) is 0 Å². The summed E-state index contributed by atoms with van der Waals surface area (Å²) in [5, 5.41) is 0.888. The van der Waals surface area contributed by atoms with Gasteiger partial charge in [-0.3, -0.25) is 0 Å². The van der Waals surface area contributed by atoms with Gasteiger partial charge >= 0.3 is 6.61 Å². The molecule has 0 bridgehead atoms. The molecule has 0 saturated carbocycles. The van der Waals surface area contributed by atoms with Gasteiger partial charge in [-0.1, -0.05) is 33.8 Å². The van der Waals surface area contributed by atoms with Gasteiger partial charge < -0.3 is 10.5 Å². The van der Waals surface area contributed by atoms with Crippen molar-refractivity contribution < 1.29 is 17.9 Å². The average Bonchev–Trinajstić information content (AvgIpc) is 2.45. The van der Waals surface area contributed by atoms with Gasteiger partial charge in [0, 0.05) is 11.1 Å². The predicted octanol–water partition coefficient (Wildman–Crippen LogP) is 5.52. The van der Waals surface area contributed by atoms with Gasteiger partial charge in [-0.15, -0.1) is 0 Å². The van der Waals surface area contributed by atoms with Crippen molar-refractivity contribution in [3.8, 4) is 5.75 Å². The number of nitrogen functional groups attached to an aromatic ring is 1. The van der Waals surface area contributed by atoms with E-state index in [1.807, 2.05) is 27.7 Å². The number of halogens is 3. The standard InChI is InChI=1S/C12H10F3NO.2C2H6/c1-6-4-8(16)5-7-2-3-9(13)11(10(6)7)17-12(14)15;2*1-2/h2-5,12H,16H2,1H3;2*1-2H3. The Bertz CT molecular complexity index is 571. The van der Waals surface area contributed by atoms with E-state index < -0.39 is 18.2 Å².